The summed E-state index contributed by atoms with van der Waals surface area (Å²) in [4.78, 5) is 22.8. The number of hydrazone groups is 1. The van der Waals surface area contributed by atoms with Crippen molar-refractivity contribution in [2.45, 2.75) is 65.2 Å². The number of nitrogens with one attached hydrogen (secondary N) is 1. The average molecular weight is 440 g/mol. The Balaban J connectivity index is 1.71. The third kappa shape index (κ3) is 8.88. The van der Waals surface area contributed by atoms with E-state index in [2.05, 4.69) is 17.5 Å². The number of benzene rings is 2. The first-order valence-corrected chi connectivity index (χ1v) is 11.3. The molecule has 7 nitrogen and oxygen atoms in total. The Bertz CT molecular complexity index is 895. The maximum Gasteiger partial charge on any atom is 0.272 e. The zero-order valence-electron chi connectivity index (χ0n) is 19.0. The normalized spacial score (nSPS) is 10.9. The van der Waals surface area contributed by atoms with Gasteiger partial charge < -0.3 is 4.74 Å². The molecule has 7 heteroatoms. The van der Waals surface area contributed by atoms with E-state index in [9.17, 15) is 14.9 Å². The van der Waals surface area contributed by atoms with Crippen LogP contribution in [0.5, 0.6) is 5.75 Å². The molecule has 172 valence electrons. The summed E-state index contributed by atoms with van der Waals surface area (Å²) in [6, 6.07) is 11.7. The van der Waals surface area contributed by atoms with E-state index in [1.165, 1.54) is 57.2 Å². The Kier molecular flexibility index (Phi) is 10.9. The monoisotopic (exact) mass is 439 g/mol. The summed E-state index contributed by atoms with van der Waals surface area (Å²) >= 11 is 0. The van der Waals surface area contributed by atoms with Crippen LogP contribution < -0.4 is 10.2 Å². The highest BCUT2D eigenvalue weighted by molar-refractivity contribution is 5.95. The lowest BCUT2D eigenvalue weighted by Crippen LogP contribution is -2.17. The molecule has 0 saturated heterocycles. The van der Waals surface area contributed by atoms with Gasteiger partial charge in [-0.25, -0.2) is 5.43 Å². The van der Waals surface area contributed by atoms with Crippen LogP contribution in [0.3, 0.4) is 0 Å². The first-order valence-electron chi connectivity index (χ1n) is 11.3. The molecule has 32 heavy (non-hydrogen) atoms. The number of amides is 1. The van der Waals surface area contributed by atoms with Crippen LogP contribution in [-0.4, -0.2) is 23.7 Å². The van der Waals surface area contributed by atoms with Crippen molar-refractivity contribution in [3.8, 4) is 5.75 Å². The number of carbonyl (C=O) groups excluding carboxylic acids is 1. The molecular formula is C25H33N3O4. The molecule has 0 unspecified atom stereocenters. The second-order valence-corrected chi connectivity index (χ2v) is 7.85. The minimum Gasteiger partial charge on any atom is -0.494 e. The Morgan fingerprint density at radius 1 is 1.03 bits per heavy atom. The van der Waals surface area contributed by atoms with Crippen molar-refractivity contribution >= 4 is 17.8 Å². The van der Waals surface area contributed by atoms with Crippen LogP contribution >= 0.6 is 0 Å². The number of hydrogen-bond acceptors (Lipinski definition) is 5. The minimum atomic E-state index is -0.441. The van der Waals surface area contributed by atoms with Crippen molar-refractivity contribution in [3.63, 3.8) is 0 Å². The number of nitro benzene ring substituents is 1. The van der Waals surface area contributed by atoms with Gasteiger partial charge in [0.25, 0.3) is 11.6 Å². The molecule has 1 N–H and O–H groups in total. The van der Waals surface area contributed by atoms with Gasteiger partial charge in [-0.2, -0.15) is 5.10 Å². The van der Waals surface area contributed by atoms with Gasteiger partial charge >= 0.3 is 0 Å². The highest BCUT2D eigenvalue weighted by Crippen LogP contribution is 2.18. The maximum atomic E-state index is 12.2. The number of nitrogens with zero attached hydrogens (tertiary/aromatic N) is 2. The molecule has 0 saturated carbocycles. The number of aryl methyl sites for hydroxylation is 1. The van der Waals surface area contributed by atoms with Crippen LogP contribution in [0.25, 0.3) is 0 Å². The SMILES string of the molecule is CCCCCCCCCCOc1ccc(C(=O)NN=Cc2ccc(C)c([N+](=O)[O-])c2)cc1. The standard InChI is InChI=1S/C25H33N3O4/c1-3-4-5-6-7-8-9-10-17-32-23-15-13-22(14-16-23)25(29)27-26-19-21-12-11-20(2)24(18-21)28(30)31/h11-16,18-19H,3-10,17H2,1-2H3,(H,27,29). The summed E-state index contributed by atoms with van der Waals surface area (Å²) in [6.45, 7) is 4.57. The second-order valence-electron chi connectivity index (χ2n) is 7.85. The number of unbranched alkanes of at least 4 members (excludes halogenated alkanes) is 7. The third-order valence-corrected chi connectivity index (χ3v) is 5.19. The summed E-state index contributed by atoms with van der Waals surface area (Å²) in [5, 5.41) is 14.9. The summed E-state index contributed by atoms with van der Waals surface area (Å²) in [7, 11) is 0. The lowest BCUT2D eigenvalue weighted by atomic mass is 10.1. The van der Waals surface area contributed by atoms with E-state index < -0.39 is 4.92 Å². The molecule has 0 aliphatic carbocycles. The van der Waals surface area contributed by atoms with Gasteiger partial charge in [0.05, 0.1) is 17.7 Å². The molecule has 2 aromatic rings. The molecule has 0 aromatic heterocycles. The van der Waals surface area contributed by atoms with Gasteiger partial charge in [-0.15, -0.1) is 0 Å². The average Bonchev–Trinajstić information content (AvgIpc) is 2.79. The lowest BCUT2D eigenvalue weighted by Gasteiger charge is -2.07. The quantitative estimate of drug-likeness (QED) is 0.164. The molecule has 0 aliphatic heterocycles. The Labute approximate surface area is 190 Å². The predicted molar refractivity (Wildman–Crippen MR) is 127 cm³/mol. The van der Waals surface area contributed by atoms with Crippen LogP contribution in [0.2, 0.25) is 0 Å². The number of hydrogen-bond donors (Lipinski definition) is 1. The van der Waals surface area contributed by atoms with Crippen molar-refractivity contribution in [3.05, 3.63) is 69.3 Å². The zero-order chi connectivity index (χ0) is 23.2. The fourth-order valence-electron chi connectivity index (χ4n) is 3.26. The molecule has 0 aliphatic rings. The van der Waals surface area contributed by atoms with Crippen molar-refractivity contribution < 1.29 is 14.5 Å². The summed E-state index contributed by atoms with van der Waals surface area (Å²) in [5.74, 6) is 0.373. The summed E-state index contributed by atoms with van der Waals surface area (Å²) in [5.41, 5.74) is 4.01. The highest BCUT2D eigenvalue weighted by atomic mass is 16.6. The summed E-state index contributed by atoms with van der Waals surface area (Å²) < 4.78 is 5.75. The molecule has 1 amide bonds. The van der Waals surface area contributed by atoms with Crippen LogP contribution in [0.1, 0.15) is 79.8 Å². The van der Waals surface area contributed by atoms with Crippen LogP contribution in [0.15, 0.2) is 47.6 Å². The van der Waals surface area contributed by atoms with Crippen LogP contribution in [-0.2, 0) is 0 Å². The number of nitro groups is 1. The van der Waals surface area contributed by atoms with Crippen molar-refractivity contribution in [1.29, 1.82) is 0 Å². The van der Waals surface area contributed by atoms with E-state index >= 15 is 0 Å². The smallest absolute Gasteiger partial charge is 0.272 e. The molecule has 0 fully saturated rings. The molecule has 0 atom stereocenters. The van der Waals surface area contributed by atoms with Gasteiger partial charge in [0.2, 0.25) is 0 Å². The molecule has 2 rings (SSSR count). The fourth-order valence-corrected chi connectivity index (χ4v) is 3.26. The number of ether oxygens (including phenoxy) is 1. The summed E-state index contributed by atoms with van der Waals surface area (Å²) in [6.07, 6.45) is 11.4. The predicted octanol–water partition coefficient (Wildman–Crippen LogP) is 6.19. The van der Waals surface area contributed by atoms with Crippen LogP contribution in [0.4, 0.5) is 5.69 Å². The number of carbonyl (C=O) groups is 1. The molecule has 2 aromatic carbocycles. The van der Waals surface area contributed by atoms with Gasteiger partial charge in [-0.1, -0.05) is 64.0 Å². The fraction of sp³-hybridized carbons (Fsp3) is 0.440. The van der Waals surface area contributed by atoms with Gasteiger partial charge in [0.15, 0.2) is 0 Å². The zero-order valence-corrected chi connectivity index (χ0v) is 19.0. The van der Waals surface area contributed by atoms with Crippen molar-refractivity contribution in [2.24, 2.45) is 5.10 Å². The topological polar surface area (TPSA) is 93.8 Å². The van der Waals surface area contributed by atoms with Gasteiger partial charge in [-0.3, -0.25) is 14.9 Å². The highest BCUT2D eigenvalue weighted by Gasteiger charge is 2.10. The van der Waals surface area contributed by atoms with E-state index in [4.69, 9.17) is 4.74 Å². The minimum absolute atomic E-state index is 0.0165. The van der Waals surface area contributed by atoms with Crippen molar-refractivity contribution in [2.75, 3.05) is 6.61 Å². The van der Waals surface area contributed by atoms with Gasteiger partial charge in [-0.05, 0) is 37.6 Å². The molecule has 0 spiro atoms. The van der Waals surface area contributed by atoms with Gasteiger partial charge in [0.1, 0.15) is 5.75 Å². The first-order chi connectivity index (χ1) is 15.5. The van der Waals surface area contributed by atoms with Gasteiger partial charge in [0, 0.05) is 22.8 Å². The van der Waals surface area contributed by atoms with Crippen molar-refractivity contribution in [1.82, 2.24) is 5.43 Å². The van der Waals surface area contributed by atoms with E-state index in [-0.39, 0.29) is 11.6 Å². The third-order valence-electron chi connectivity index (χ3n) is 5.19. The molecule has 0 bridgehead atoms. The first kappa shape index (κ1) is 25.0. The lowest BCUT2D eigenvalue weighted by molar-refractivity contribution is -0.385. The van der Waals surface area contributed by atoms with E-state index in [0.717, 1.165) is 12.2 Å². The molecular weight excluding hydrogens is 406 g/mol. The number of rotatable bonds is 14. The van der Waals surface area contributed by atoms with E-state index in [0.29, 0.717) is 23.3 Å². The Hall–Kier alpha value is -3.22. The van der Waals surface area contributed by atoms with E-state index in [1.807, 2.05) is 0 Å². The largest absolute Gasteiger partial charge is 0.494 e. The van der Waals surface area contributed by atoms with E-state index in [1.54, 1.807) is 43.3 Å². The Morgan fingerprint density at radius 3 is 2.34 bits per heavy atom. The maximum absolute atomic E-state index is 12.2. The Morgan fingerprint density at radius 2 is 1.69 bits per heavy atom. The van der Waals surface area contributed by atoms with Crippen LogP contribution in [0, 0.1) is 17.0 Å². The molecule has 0 heterocycles. The molecule has 0 radical (unpaired) electrons. The second kappa shape index (κ2) is 14.0.